The number of nitrogens with zero attached hydrogens (tertiary/aromatic N) is 5. The van der Waals surface area contributed by atoms with E-state index in [-0.39, 0.29) is 11.8 Å². The smallest absolute Gasteiger partial charge is 0.271 e. The number of rotatable bonds is 8. The van der Waals surface area contributed by atoms with Crippen molar-refractivity contribution in [3.63, 3.8) is 0 Å². The lowest BCUT2D eigenvalue weighted by molar-refractivity contribution is 0.0982. The highest BCUT2D eigenvalue weighted by Crippen LogP contribution is 2.28. The van der Waals surface area contributed by atoms with Crippen molar-refractivity contribution in [2.45, 2.75) is 44.8 Å². The van der Waals surface area contributed by atoms with Gasteiger partial charge in [0.1, 0.15) is 11.8 Å². The van der Waals surface area contributed by atoms with Crippen molar-refractivity contribution in [1.82, 2.24) is 25.1 Å². The van der Waals surface area contributed by atoms with E-state index in [0.717, 1.165) is 38.3 Å². The van der Waals surface area contributed by atoms with Crippen LogP contribution in [-0.4, -0.2) is 97.2 Å². The number of piperidine rings is 1. The van der Waals surface area contributed by atoms with Gasteiger partial charge in [-0.2, -0.15) is 4.98 Å². The molecule has 0 saturated carbocycles. The highest BCUT2D eigenvalue weighted by molar-refractivity contribution is 5.96. The third-order valence-corrected chi connectivity index (χ3v) is 7.81. The Labute approximate surface area is 219 Å². The first-order chi connectivity index (χ1) is 18.0. The molecule has 4 N–H and O–H groups in total. The number of ether oxygens (including phenoxy) is 1. The summed E-state index contributed by atoms with van der Waals surface area (Å²) in [5.41, 5.74) is 8.46. The van der Waals surface area contributed by atoms with Crippen LogP contribution < -0.4 is 26.0 Å². The molecule has 3 saturated heterocycles. The quantitative estimate of drug-likeness (QED) is 0.492. The van der Waals surface area contributed by atoms with Crippen molar-refractivity contribution in [2.24, 2.45) is 5.73 Å². The van der Waals surface area contributed by atoms with Gasteiger partial charge in [-0.1, -0.05) is 6.92 Å². The molecule has 0 bridgehead atoms. The second kappa shape index (κ2) is 11.6. The number of benzene rings is 1. The van der Waals surface area contributed by atoms with Crippen LogP contribution in [0.15, 0.2) is 24.3 Å². The predicted molar refractivity (Wildman–Crippen MR) is 146 cm³/mol. The van der Waals surface area contributed by atoms with Gasteiger partial charge >= 0.3 is 0 Å². The zero-order chi connectivity index (χ0) is 25.8. The summed E-state index contributed by atoms with van der Waals surface area (Å²) in [5, 5.41) is 6.55. The molecule has 0 aliphatic carbocycles. The lowest BCUT2D eigenvalue weighted by Crippen LogP contribution is -2.52. The number of aryl methyl sites for hydroxylation is 1. The highest BCUT2D eigenvalue weighted by atomic mass is 16.5. The molecule has 2 aromatic rings. The van der Waals surface area contributed by atoms with Crippen LogP contribution in [0.4, 0.5) is 17.2 Å². The Kier molecular flexibility index (Phi) is 8.07. The first-order valence-corrected chi connectivity index (χ1v) is 13.6. The molecule has 37 heavy (non-hydrogen) atoms. The lowest BCUT2D eigenvalue weighted by atomic mass is 10.0. The summed E-state index contributed by atoms with van der Waals surface area (Å²) in [4.78, 5) is 28.9. The number of piperazine rings is 1. The van der Waals surface area contributed by atoms with Crippen LogP contribution in [0.5, 0.6) is 5.88 Å². The number of amides is 1. The fourth-order valence-corrected chi connectivity index (χ4v) is 5.49. The van der Waals surface area contributed by atoms with Crippen molar-refractivity contribution in [3.05, 3.63) is 35.7 Å². The van der Waals surface area contributed by atoms with Crippen LogP contribution in [0, 0.1) is 0 Å². The maximum atomic E-state index is 12.2. The highest BCUT2D eigenvalue weighted by Gasteiger charge is 2.27. The minimum Gasteiger partial charge on any atom is -0.472 e. The molecule has 1 unspecified atom stereocenters. The largest absolute Gasteiger partial charge is 0.472 e. The molecular weight excluding hydrogens is 468 g/mol. The van der Waals surface area contributed by atoms with Crippen LogP contribution in [-0.2, 0) is 6.42 Å². The van der Waals surface area contributed by atoms with Crippen molar-refractivity contribution < 1.29 is 9.53 Å². The summed E-state index contributed by atoms with van der Waals surface area (Å²) in [6.45, 7) is 10.5. The minimum absolute atomic E-state index is 0.0477. The van der Waals surface area contributed by atoms with Crippen molar-refractivity contribution >= 4 is 23.1 Å². The van der Waals surface area contributed by atoms with Crippen LogP contribution in [0.1, 0.15) is 42.4 Å². The fourth-order valence-electron chi connectivity index (χ4n) is 5.49. The lowest BCUT2D eigenvalue weighted by Gasteiger charge is -2.42. The minimum atomic E-state index is -0.612. The molecule has 0 spiro atoms. The van der Waals surface area contributed by atoms with E-state index in [4.69, 9.17) is 10.5 Å². The number of hydrogen-bond donors (Lipinski definition) is 3. The number of carbonyl (C=O) groups excluding carboxylic acids is 1. The van der Waals surface area contributed by atoms with Gasteiger partial charge in [-0.3, -0.25) is 9.69 Å². The number of likely N-dealkylation sites (N-methyl/N-ethyl adjacent to an activating group) is 1. The number of carbonyl (C=O) groups is 1. The zero-order valence-corrected chi connectivity index (χ0v) is 22.1. The van der Waals surface area contributed by atoms with E-state index in [1.54, 1.807) is 0 Å². The molecule has 1 amide bonds. The molecule has 200 valence electrons. The molecule has 5 rings (SSSR count). The number of anilines is 3. The van der Waals surface area contributed by atoms with E-state index in [9.17, 15) is 4.79 Å². The Hall–Kier alpha value is -2.95. The number of aromatic nitrogens is 2. The fraction of sp³-hybridized carbons (Fsp3) is 0.593. The van der Waals surface area contributed by atoms with Gasteiger partial charge in [-0.25, -0.2) is 4.98 Å². The van der Waals surface area contributed by atoms with E-state index in [2.05, 4.69) is 54.5 Å². The van der Waals surface area contributed by atoms with E-state index in [0.29, 0.717) is 29.9 Å². The van der Waals surface area contributed by atoms with Gasteiger partial charge in [-0.15, -0.1) is 0 Å². The van der Waals surface area contributed by atoms with Gasteiger partial charge in [0.15, 0.2) is 11.5 Å². The summed E-state index contributed by atoms with van der Waals surface area (Å²) in [6.07, 6.45) is 3.96. The van der Waals surface area contributed by atoms with E-state index < -0.39 is 5.91 Å². The summed E-state index contributed by atoms with van der Waals surface area (Å²) in [6, 6.07) is 8.97. The van der Waals surface area contributed by atoms with Gasteiger partial charge in [0.05, 0.1) is 0 Å². The molecule has 1 aromatic carbocycles. The number of nitrogens with one attached hydrogen (secondary N) is 2. The topological polar surface area (TPSA) is 112 Å². The van der Waals surface area contributed by atoms with E-state index in [1.165, 1.54) is 44.7 Å². The molecule has 10 heteroatoms. The van der Waals surface area contributed by atoms with Gasteiger partial charge in [0, 0.05) is 63.2 Å². The van der Waals surface area contributed by atoms with Crippen LogP contribution in [0.25, 0.3) is 0 Å². The second-order valence-corrected chi connectivity index (χ2v) is 10.4. The monoisotopic (exact) mass is 508 g/mol. The predicted octanol–water partition coefficient (Wildman–Crippen LogP) is 1.84. The molecule has 1 aromatic heterocycles. The summed E-state index contributed by atoms with van der Waals surface area (Å²) in [7, 11) is 2.21. The SMILES string of the molecule is CCc1nc(C(N)=O)c(Nc2ccc(N3CCC(N4CCN(C)CC4)CC3)cc2)nc1OC1CCNC1. The van der Waals surface area contributed by atoms with Crippen molar-refractivity contribution in [1.29, 1.82) is 0 Å². The third kappa shape index (κ3) is 6.14. The van der Waals surface area contributed by atoms with E-state index >= 15 is 0 Å². The summed E-state index contributed by atoms with van der Waals surface area (Å²) in [5.74, 6) is 0.175. The molecule has 4 heterocycles. The molecule has 0 radical (unpaired) electrons. The Balaban J connectivity index is 1.24. The first kappa shape index (κ1) is 25.7. The molecular formula is C27H40N8O2. The van der Waals surface area contributed by atoms with E-state index in [1.807, 2.05) is 19.1 Å². The average molecular weight is 509 g/mol. The summed E-state index contributed by atoms with van der Waals surface area (Å²) < 4.78 is 6.13. The zero-order valence-electron chi connectivity index (χ0n) is 22.1. The van der Waals surface area contributed by atoms with Gasteiger partial charge < -0.3 is 30.9 Å². The molecule has 3 aliphatic rings. The first-order valence-electron chi connectivity index (χ1n) is 13.6. The number of primary amides is 1. The number of hydrogen-bond acceptors (Lipinski definition) is 9. The van der Waals surface area contributed by atoms with Crippen LogP contribution >= 0.6 is 0 Å². The number of nitrogens with two attached hydrogens (primary N) is 1. The Morgan fingerprint density at radius 1 is 1.08 bits per heavy atom. The average Bonchev–Trinajstić information content (AvgIpc) is 3.43. The van der Waals surface area contributed by atoms with Crippen LogP contribution in [0.3, 0.4) is 0 Å². The van der Waals surface area contributed by atoms with Crippen molar-refractivity contribution in [3.8, 4) is 5.88 Å². The normalized spacial score (nSPS) is 21.8. The Morgan fingerprint density at radius 2 is 1.81 bits per heavy atom. The molecule has 3 aliphatic heterocycles. The third-order valence-electron chi connectivity index (χ3n) is 7.81. The Bertz CT molecular complexity index is 1060. The molecule has 10 nitrogen and oxygen atoms in total. The maximum Gasteiger partial charge on any atom is 0.271 e. The molecule has 3 fully saturated rings. The van der Waals surface area contributed by atoms with Gasteiger partial charge in [0.25, 0.3) is 5.91 Å². The van der Waals surface area contributed by atoms with Crippen LogP contribution in [0.2, 0.25) is 0 Å². The van der Waals surface area contributed by atoms with Gasteiger partial charge in [-0.05, 0) is 63.5 Å². The van der Waals surface area contributed by atoms with Crippen molar-refractivity contribution in [2.75, 3.05) is 69.6 Å². The molecule has 1 atom stereocenters. The Morgan fingerprint density at radius 3 is 2.43 bits per heavy atom. The van der Waals surface area contributed by atoms with Gasteiger partial charge in [0.2, 0.25) is 5.88 Å². The maximum absolute atomic E-state index is 12.2. The summed E-state index contributed by atoms with van der Waals surface area (Å²) >= 11 is 0. The second-order valence-electron chi connectivity index (χ2n) is 10.4. The standard InChI is InChI=1S/C27H40N8O2/c1-3-23-27(37-22-8-11-29-18-22)32-26(24(31-23)25(28)36)30-19-4-6-20(7-5-19)34-12-9-21(10-13-34)35-16-14-33(2)15-17-35/h4-7,21-22,29H,3,8-18H2,1-2H3,(H2,28,36)(H,30,32).